The van der Waals surface area contributed by atoms with Gasteiger partial charge in [-0.05, 0) is 18.6 Å². The van der Waals surface area contributed by atoms with E-state index in [9.17, 15) is 4.79 Å². The maximum Gasteiger partial charge on any atom is 0.318 e. The van der Waals surface area contributed by atoms with Crippen molar-refractivity contribution in [2.45, 2.75) is 18.5 Å². The number of ether oxygens (including phenoxy) is 1. The van der Waals surface area contributed by atoms with Crippen molar-refractivity contribution in [3.8, 4) is 0 Å². The van der Waals surface area contributed by atoms with Crippen LogP contribution in [-0.2, 0) is 11.8 Å². The summed E-state index contributed by atoms with van der Waals surface area (Å²) in [6.45, 7) is 2.91. The summed E-state index contributed by atoms with van der Waals surface area (Å²) in [5, 5.41) is 3.12. The van der Waals surface area contributed by atoms with Gasteiger partial charge in [0.15, 0.2) is 0 Å². The van der Waals surface area contributed by atoms with Crippen molar-refractivity contribution in [1.82, 2.24) is 19.8 Å². The second-order valence-corrected chi connectivity index (χ2v) is 6.50. The third kappa shape index (κ3) is 2.39. The number of fused-ring (bicyclic) bond motifs is 2. The molecule has 1 aromatic heterocycles. The number of nitrogens with one attached hydrogen (secondary N) is 1. The topological polar surface area (TPSA) is 62.6 Å². The molecule has 0 radical (unpaired) electrons. The SMILES string of the molecule is COCCN1C(=O)N[C@@H]2CN(c3nc4ccccc4n3C)CC[C@@H]21. The van der Waals surface area contributed by atoms with E-state index in [0.717, 1.165) is 36.5 Å². The average Bonchev–Trinajstić information content (AvgIpc) is 3.09. The molecule has 7 nitrogen and oxygen atoms in total. The average molecular weight is 329 g/mol. The Kier molecular flexibility index (Phi) is 3.80. The molecule has 0 unspecified atom stereocenters. The van der Waals surface area contributed by atoms with E-state index in [0.29, 0.717) is 13.2 Å². The van der Waals surface area contributed by atoms with Crippen LogP contribution in [0.5, 0.6) is 0 Å². The van der Waals surface area contributed by atoms with Crippen molar-refractivity contribution in [2.24, 2.45) is 7.05 Å². The lowest BCUT2D eigenvalue weighted by molar-refractivity contribution is 0.140. The van der Waals surface area contributed by atoms with Crippen molar-refractivity contribution < 1.29 is 9.53 Å². The van der Waals surface area contributed by atoms with Gasteiger partial charge < -0.3 is 24.4 Å². The minimum atomic E-state index is 0.0221. The Morgan fingerprint density at radius 3 is 3.00 bits per heavy atom. The Bertz CT molecular complexity index is 759. The third-order valence-corrected chi connectivity index (χ3v) is 5.13. The van der Waals surface area contributed by atoms with Gasteiger partial charge in [-0.2, -0.15) is 0 Å². The zero-order valence-electron chi connectivity index (χ0n) is 14.1. The zero-order valence-corrected chi connectivity index (χ0v) is 14.1. The van der Waals surface area contributed by atoms with E-state index < -0.39 is 0 Å². The summed E-state index contributed by atoms with van der Waals surface area (Å²) >= 11 is 0. The Morgan fingerprint density at radius 2 is 2.21 bits per heavy atom. The summed E-state index contributed by atoms with van der Waals surface area (Å²) in [7, 11) is 3.72. The lowest BCUT2D eigenvalue weighted by Gasteiger charge is -2.37. The first-order valence-corrected chi connectivity index (χ1v) is 8.41. The van der Waals surface area contributed by atoms with Crippen LogP contribution in [0.3, 0.4) is 0 Å². The maximum absolute atomic E-state index is 12.2. The third-order valence-electron chi connectivity index (χ3n) is 5.13. The smallest absolute Gasteiger partial charge is 0.318 e. The van der Waals surface area contributed by atoms with Crippen LogP contribution in [0.1, 0.15) is 6.42 Å². The normalized spacial score (nSPS) is 23.7. The minimum Gasteiger partial charge on any atom is -0.383 e. The molecular weight excluding hydrogens is 306 g/mol. The standard InChI is InChI=1S/C17H23N5O2/c1-20-14-6-4-3-5-12(14)18-16(20)21-8-7-15-13(11-21)19-17(23)22(15)9-10-24-2/h3-6,13,15H,7-11H2,1-2H3,(H,19,23)/t13-,15+/m1/s1. The van der Waals surface area contributed by atoms with Crippen molar-refractivity contribution in [3.63, 3.8) is 0 Å². The van der Waals surface area contributed by atoms with Crippen molar-refractivity contribution in [3.05, 3.63) is 24.3 Å². The first kappa shape index (κ1) is 15.3. The highest BCUT2D eigenvalue weighted by atomic mass is 16.5. The van der Waals surface area contributed by atoms with Crippen LogP contribution in [0.15, 0.2) is 24.3 Å². The number of nitrogens with zero attached hydrogens (tertiary/aromatic N) is 4. The maximum atomic E-state index is 12.2. The Labute approximate surface area is 141 Å². The van der Waals surface area contributed by atoms with Gasteiger partial charge in [0.05, 0.1) is 29.7 Å². The zero-order chi connectivity index (χ0) is 16.7. The van der Waals surface area contributed by atoms with Gasteiger partial charge in [-0.1, -0.05) is 12.1 Å². The monoisotopic (exact) mass is 329 g/mol. The molecule has 0 aliphatic carbocycles. The van der Waals surface area contributed by atoms with Crippen LogP contribution in [0.2, 0.25) is 0 Å². The molecule has 128 valence electrons. The van der Waals surface area contributed by atoms with Gasteiger partial charge in [0, 0.05) is 33.8 Å². The van der Waals surface area contributed by atoms with E-state index in [1.165, 1.54) is 0 Å². The first-order chi connectivity index (χ1) is 11.7. The molecule has 2 aliphatic rings. The van der Waals surface area contributed by atoms with E-state index in [1.54, 1.807) is 7.11 Å². The fraction of sp³-hybridized carbons (Fsp3) is 0.529. The number of piperidine rings is 1. The number of urea groups is 1. The number of amides is 2. The summed E-state index contributed by atoms with van der Waals surface area (Å²) in [5.41, 5.74) is 2.14. The largest absolute Gasteiger partial charge is 0.383 e. The molecule has 1 aromatic carbocycles. The van der Waals surface area contributed by atoms with E-state index >= 15 is 0 Å². The number of carbonyl (C=O) groups is 1. The number of imidazole rings is 1. The highest BCUT2D eigenvalue weighted by Crippen LogP contribution is 2.28. The van der Waals surface area contributed by atoms with Gasteiger partial charge in [-0.25, -0.2) is 9.78 Å². The molecule has 2 aromatic rings. The van der Waals surface area contributed by atoms with Crippen LogP contribution in [0, 0.1) is 0 Å². The number of methoxy groups -OCH3 is 1. The van der Waals surface area contributed by atoms with Crippen LogP contribution in [0.4, 0.5) is 10.7 Å². The summed E-state index contributed by atoms with van der Waals surface area (Å²) in [6.07, 6.45) is 0.941. The van der Waals surface area contributed by atoms with E-state index in [2.05, 4.69) is 27.9 Å². The summed E-state index contributed by atoms with van der Waals surface area (Å²) in [5.74, 6) is 0.972. The Morgan fingerprint density at radius 1 is 1.38 bits per heavy atom. The first-order valence-electron chi connectivity index (χ1n) is 8.41. The fourth-order valence-corrected chi connectivity index (χ4v) is 3.90. The quantitative estimate of drug-likeness (QED) is 0.915. The molecule has 1 N–H and O–H groups in total. The molecule has 2 saturated heterocycles. The number of anilines is 1. The number of aryl methyl sites for hydroxylation is 1. The summed E-state index contributed by atoms with van der Waals surface area (Å²) < 4.78 is 7.26. The highest BCUT2D eigenvalue weighted by Gasteiger charge is 2.42. The molecule has 24 heavy (non-hydrogen) atoms. The lowest BCUT2D eigenvalue weighted by atomic mass is 10.0. The fourth-order valence-electron chi connectivity index (χ4n) is 3.90. The molecule has 7 heteroatoms. The van der Waals surface area contributed by atoms with Crippen LogP contribution >= 0.6 is 0 Å². The van der Waals surface area contributed by atoms with Gasteiger partial charge in [0.25, 0.3) is 0 Å². The van der Waals surface area contributed by atoms with E-state index in [1.807, 2.05) is 23.1 Å². The number of hydrogen-bond donors (Lipinski definition) is 1. The van der Waals surface area contributed by atoms with Gasteiger partial charge in [0.2, 0.25) is 5.95 Å². The summed E-state index contributed by atoms with van der Waals surface area (Å²) in [4.78, 5) is 21.2. The predicted octanol–water partition coefficient (Wildman–Crippen LogP) is 1.19. The van der Waals surface area contributed by atoms with Gasteiger partial charge in [-0.15, -0.1) is 0 Å². The van der Waals surface area contributed by atoms with Crippen molar-refractivity contribution in [2.75, 3.05) is 38.3 Å². The highest BCUT2D eigenvalue weighted by molar-refractivity contribution is 5.79. The van der Waals surface area contributed by atoms with Crippen LogP contribution in [0.25, 0.3) is 11.0 Å². The number of para-hydroxylation sites is 2. The number of aromatic nitrogens is 2. The van der Waals surface area contributed by atoms with E-state index in [-0.39, 0.29) is 18.1 Å². The molecule has 2 amide bonds. The molecule has 0 saturated carbocycles. The van der Waals surface area contributed by atoms with Crippen molar-refractivity contribution in [1.29, 1.82) is 0 Å². The molecule has 2 atom stereocenters. The molecule has 3 heterocycles. The molecule has 4 rings (SSSR count). The van der Waals surface area contributed by atoms with Gasteiger partial charge >= 0.3 is 6.03 Å². The molecule has 0 bridgehead atoms. The second-order valence-electron chi connectivity index (χ2n) is 6.50. The minimum absolute atomic E-state index is 0.0221. The number of hydrogen-bond acceptors (Lipinski definition) is 4. The molecule has 2 aliphatic heterocycles. The van der Waals surface area contributed by atoms with E-state index in [4.69, 9.17) is 9.72 Å². The number of benzene rings is 1. The Hall–Kier alpha value is -2.28. The van der Waals surface area contributed by atoms with Crippen LogP contribution in [-0.4, -0.2) is 65.9 Å². The van der Waals surface area contributed by atoms with Crippen LogP contribution < -0.4 is 10.2 Å². The van der Waals surface area contributed by atoms with Gasteiger partial charge in [-0.3, -0.25) is 0 Å². The Balaban J connectivity index is 1.54. The number of carbonyl (C=O) groups excluding carboxylic acids is 1. The number of rotatable bonds is 4. The molecule has 2 fully saturated rings. The van der Waals surface area contributed by atoms with Crippen molar-refractivity contribution >= 4 is 23.0 Å². The molecule has 0 spiro atoms. The van der Waals surface area contributed by atoms with Gasteiger partial charge in [0.1, 0.15) is 0 Å². The molecular formula is C17H23N5O2. The predicted molar refractivity (Wildman–Crippen MR) is 92.2 cm³/mol. The summed E-state index contributed by atoms with van der Waals surface area (Å²) in [6, 6.07) is 8.58. The second kappa shape index (κ2) is 5.98. The lowest BCUT2D eigenvalue weighted by Crippen LogP contribution is -2.52.